The lowest BCUT2D eigenvalue weighted by Gasteiger charge is -2.16. The Morgan fingerprint density at radius 3 is 2.82 bits per heavy atom. The molecule has 92 valence electrons. The summed E-state index contributed by atoms with van der Waals surface area (Å²) in [5, 5.41) is 1.11. The van der Waals surface area contributed by atoms with E-state index in [-0.39, 0.29) is 11.9 Å². The highest BCUT2D eigenvalue weighted by molar-refractivity contribution is 6.35. The Morgan fingerprint density at radius 1 is 1.47 bits per heavy atom. The Balaban J connectivity index is 2.03. The number of nitrogens with zero attached hydrogens (tertiary/aromatic N) is 1. The Labute approximate surface area is 110 Å². The van der Waals surface area contributed by atoms with Crippen LogP contribution in [-0.2, 0) is 11.2 Å². The zero-order valence-electron chi connectivity index (χ0n) is 9.33. The summed E-state index contributed by atoms with van der Waals surface area (Å²) in [4.78, 5) is 13.8. The average molecular weight is 273 g/mol. The van der Waals surface area contributed by atoms with Crippen molar-refractivity contribution in [2.45, 2.75) is 18.9 Å². The minimum atomic E-state index is 0.0715. The first-order chi connectivity index (χ1) is 8.06. The van der Waals surface area contributed by atoms with E-state index in [1.54, 1.807) is 23.1 Å². The van der Waals surface area contributed by atoms with Crippen LogP contribution in [0.25, 0.3) is 0 Å². The molecule has 1 aromatic rings. The number of likely N-dealkylation sites (tertiary alicyclic amines) is 1. The van der Waals surface area contributed by atoms with Crippen molar-refractivity contribution in [1.29, 1.82) is 0 Å². The van der Waals surface area contributed by atoms with Gasteiger partial charge >= 0.3 is 0 Å². The van der Waals surface area contributed by atoms with Crippen molar-refractivity contribution in [1.82, 2.24) is 4.90 Å². The summed E-state index contributed by atoms with van der Waals surface area (Å²) in [7, 11) is 0. The van der Waals surface area contributed by atoms with Gasteiger partial charge < -0.3 is 10.6 Å². The lowest BCUT2D eigenvalue weighted by atomic mass is 10.1. The summed E-state index contributed by atoms with van der Waals surface area (Å²) >= 11 is 11.8. The largest absolute Gasteiger partial charge is 0.341 e. The van der Waals surface area contributed by atoms with Crippen molar-refractivity contribution < 1.29 is 4.79 Å². The number of nitrogens with two attached hydrogens (primary N) is 1. The zero-order chi connectivity index (χ0) is 12.4. The molecule has 0 aliphatic carbocycles. The van der Waals surface area contributed by atoms with Crippen LogP contribution >= 0.6 is 23.2 Å². The van der Waals surface area contributed by atoms with Crippen LogP contribution in [0.15, 0.2) is 18.2 Å². The number of rotatable bonds is 2. The van der Waals surface area contributed by atoms with E-state index in [9.17, 15) is 4.79 Å². The van der Waals surface area contributed by atoms with Gasteiger partial charge in [0.2, 0.25) is 5.91 Å². The average Bonchev–Trinajstić information content (AvgIpc) is 2.69. The number of hydrogen-bond donors (Lipinski definition) is 1. The van der Waals surface area contributed by atoms with E-state index in [0.29, 0.717) is 23.0 Å². The third kappa shape index (κ3) is 3.12. The van der Waals surface area contributed by atoms with Crippen molar-refractivity contribution in [2.75, 3.05) is 13.1 Å². The van der Waals surface area contributed by atoms with E-state index in [2.05, 4.69) is 0 Å². The molecule has 1 aliphatic heterocycles. The predicted molar refractivity (Wildman–Crippen MR) is 69.3 cm³/mol. The fourth-order valence-electron chi connectivity index (χ4n) is 1.95. The van der Waals surface area contributed by atoms with Gasteiger partial charge in [-0.3, -0.25) is 4.79 Å². The molecule has 1 fully saturated rings. The van der Waals surface area contributed by atoms with Crippen molar-refractivity contribution in [3.8, 4) is 0 Å². The Morgan fingerprint density at radius 2 is 2.24 bits per heavy atom. The molecule has 17 heavy (non-hydrogen) atoms. The maximum Gasteiger partial charge on any atom is 0.227 e. The van der Waals surface area contributed by atoms with Crippen molar-refractivity contribution in [3.63, 3.8) is 0 Å². The van der Waals surface area contributed by atoms with Crippen molar-refractivity contribution >= 4 is 29.1 Å². The number of carbonyl (C=O) groups excluding carboxylic acids is 1. The van der Waals surface area contributed by atoms with Gasteiger partial charge in [-0.1, -0.05) is 29.3 Å². The molecule has 1 amide bonds. The molecular formula is C12H14Cl2N2O. The summed E-state index contributed by atoms with van der Waals surface area (Å²) in [5.74, 6) is 0.0715. The number of amides is 1. The second kappa shape index (κ2) is 5.25. The van der Waals surface area contributed by atoms with Crippen LogP contribution in [0.5, 0.6) is 0 Å². The standard InChI is InChI=1S/C12H14Cl2N2O/c13-9-2-1-8(11(14)6-9)5-12(17)16-4-3-10(15)7-16/h1-2,6,10H,3-5,7,15H2/t10-/m0/s1. The van der Waals surface area contributed by atoms with Crippen molar-refractivity contribution in [2.24, 2.45) is 5.73 Å². The van der Waals surface area contributed by atoms with Crippen LogP contribution in [0.4, 0.5) is 0 Å². The summed E-state index contributed by atoms with van der Waals surface area (Å²) in [6.07, 6.45) is 1.18. The van der Waals surface area contributed by atoms with E-state index >= 15 is 0 Å². The van der Waals surface area contributed by atoms with Crippen molar-refractivity contribution in [3.05, 3.63) is 33.8 Å². The van der Waals surface area contributed by atoms with Crippen LogP contribution in [-0.4, -0.2) is 29.9 Å². The van der Waals surface area contributed by atoms with Gasteiger partial charge in [0.05, 0.1) is 6.42 Å². The molecule has 2 rings (SSSR count). The van der Waals surface area contributed by atoms with Gasteiger partial charge in [-0.25, -0.2) is 0 Å². The van der Waals surface area contributed by atoms with Crippen LogP contribution < -0.4 is 5.73 Å². The first kappa shape index (κ1) is 12.7. The number of hydrogen-bond acceptors (Lipinski definition) is 2. The minimum absolute atomic E-state index is 0.0715. The van der Waals surface area contributed by atoms with Crippen LogP contribution in [0.1, 0.15) is 12.0 Å². The van der Waals surface area contributed by atoms with Gasteiger partial charge in [-0.15, -0.1) is 0 Å². The molecular weight excluding hydrogens is 259 g/mol. The molecule has 2 N–H and O–H groups in total. The highest BCUT2D eigenvalue weighted by Gasteiger charge is 2.23. The van der Waals surface area contributed by atoms with Crippen LogP contribution in [0.3, 0.4) is 0 Å². The highest BCUT2D eigenvalue weighted by Crippen LogP contribution is 2.22. The lowest BCUT2D eigenvalue weighted by Crippen LogP contribution is -2.32. The minimum Gasteiger partial charge on any atom is -0.341 e. The fraction of sp³-hybridized carbons (Fsp3) is 0.417. The topological polar surface area (TPSA) is 46.3 Å². The van der Waals surface area contributed by atoms with Gasteiger partial charge in [0.25, 0.3) is 0 Å². The molecule has 1 heterocycles. The van der Waals surface area contributed by atoms with E-state index in [1.807, 2.05) is 0 Å². The van der Waals surface area contributed by atoms with Gasteiger partial charge in [0.15, 0.2) is 0 Å². The zero-order valence-corrected chi connectivity index (χ0v) is 10.8. The lowest BCUT2D eigenvalue weighted by molar-refractivity contribution is -0.129. The summed E-state index contributed by atoms with van der Waals surface area (Å²) < 4.78 is 0. The molecule has 1 saturated heterocycles. The third-order valence-electron chi connectivity index (χ3n) is 2.93. The highest BCUT2D eigenvalue weighted by atomic mass is 35.5. The summed E-state index contributed by atoms with van der Waals surface area (Å²) in [6, 6.07) is 5.30. The number of benzene rings is 1. The van der Waals surface area contributed by atoms with E-state index in [0.717, 1.165) is 18.5 Å². The smallest absolute Gasteiger partial charge is 0.227 e. The molecule has 0 unspecified atom stereocenters. The Bertz CT molecular complexity index is 437. The third-order valence-corrected chi connectivity index (χ3v) is 3.52. The van der Waals surface area contributed by atoms with E-state index < -0.39 is 0 Å². The molecule has 1 atom stereocenters. The summed E-state index contributed by atoms with van der Waals surface area (Å²) in [5.41, 5.74) is 6.58. The molecule has 0 spiro atoms. The fourth-order valence-corrected chi connectivity index (χ4v) is 2.43. The Hall–Kier alpha value is -0.770. The molecule has 0 bridgehead atoms. The Kier molecular flexibility index (Phi) is 3.92. The predicted octanol–water partition coefficient (Wildman–Crippen LogP) is 2.10. The first-order valence-corrected chi connectivity index (χ1v) is 6.29. The van der Waals surface area contributed by atoms with Gasteiger partial charge in [-0.05, 0) is 24.1 Å². The molecule has 1 aromatic carbocycles. The number of carbonyl (C=O) groups is 1. The molecule has 0 aromatic heterocycles. The first-order valence-electron chi connectivity index (χ1n) is 5.53. The quantitative estimate of drug-likeness (QED) is 0.896. The van der Waals surface area contributed by atoms with Gasteiger partial charge in [-0.2, -0.15) is 0 Å². The van der Waals surface area contributed by atoms with E-state index in [1.165, 1.54) is 0 Å². The van der Waals surface area contributed by atoms with Crippen LogP contribution in [0.2, 0.25) is 10.0 Å². The molecule has 0 radical (unpaired) electrons. The molecule has 0 saturated carbocycles. The second-order valence-corrected chi connectivity index (χ2v) is 5.14. The normalized spacial score (nSPS) is 19.7. The monoisotopic (exact) mass is 272 g/mol. The van der Waals surface area contributed by atoms with Gasteiger partial charge in [0, 0.05) is 29.2 Å². The molecule has 1 aliphatic rings. The van der Waals surface area contributed by atoms with Crippen LogP contribution in [0, 0.1) is 0 Å². The maximum absolute atomic E-state index is 12.0. The number of halogens is 2. The maximum atomic E-state index is 12.0. The second-order valence-electron chi connectivity index (χ2n) is 4.30. The summed E-state index contributed by atoms with van der Waals surface area (Å²) in [6.45, 7) is 1.38. The molecule has 3 nitrogen and oxygen atoms in total. The van der Waals surface area contributed by atoms with Gasteiger partial charge in [0.1, 0.15) is 0 Å². The van der Waals surface area contributed by atoms with E-state index in [4.69, 9.17) is 28.9 Å². The SMILES string of the molecule is N[C@H]1CCN(C(=O)Cc2ccc(Cl)cc2Cl)C1. The molecule has 5 heteroatoms.